The Morgan fingerprint density at radius 1 is 0.909 bits per heavy atom. The first-order valence-corrected chi connectivity index (χ1v) is 12.1. The minimum absolute atomic E-state index is 0.149. The molecule has 3 heteroatoms. The molecule has 0 bridgehead atoms. The zero-order chi connectivity index (χ0) is 23.2. The molecule has 3 nitrogen and oxygen atoms in total. The van der Waals surface area contributed by atoms with Crippen molar-refractivity contribution in [3.05, 3.63) is 101 Å². The van der Waals surface area contributed by atoms with Crippen LogP contribution in [0.3, 0.4) is 0 Å². The van der Waals surface area contributed by atoms with E-state index in [0.29, 0.717) is 18.4 Å². The monoisotopic (exact) mass is 441 g/mol. The number of phenolic OH excluding ortho intramolecular Hbond substituents is 1. The highest BCUT2D eigenvalue weighted by atomic mass is 16.3. The number of nitrogens with zero attached hydrogens (tertiary/aromatic N) is 1. The second-order valence-corrected chi connectivity index (χ2v) is 9.29. The molecule has 172 valence electrons. The van der Waals surface area contributed by atoms with Crippen LogP contribution in [0.15, 0.2) is 78.9 Å². The van der Waals surface area contributed by atoms with Crippen LogP contribution in [-0.2, 0) is 0 Å². The largest absolute Gasteiger partial charge is 0.508 e. The summed E-state index contributed by atoms with van der Waals surface area (Å²) < 4.78 is 0. The third-order valence-electron chi connectivity index (χ3n) is 6.76. The average molecular weight is 442 g/mol. The van der Waals surface area contributed by atoms with Gasteiger partial charge in [-0.2, -0.15) is 0 Å². The molecule has 1 aliphatic heterocycles. The predicted molar refractivity (Wildman–Crippen MR) is 137 cm³/mol. The summed E-state index contributed by atoms with van der Waals surface area (Å²) in [5.74, 6) is 0.841. The normalized spacial score (nSPS) is 17.4. The van der Waals surface area contributed by atoms with Crippen molar-refractivity contribution in [2.75, 3.05) is 19.7 Å². The summed E-state index contributed by atoms with van der Waals surface area (Å²) in [6.07, 6.45) is 2.66. The van der Waals surface area contributed by atoms with Gasteiger partial charge in [-0.3, -0.25) is 0 Å². The lowest BCUT2D eigenvalue weighted by Gasteiger charge is -2.21. The average Bonchev–Trinajstić information content (AvgIpc) is 3.33. The molecule has 3 aromatic rings. The molecule has 0 aliphatic carbocycles. The second kappa shape index (κ2) is 10.8. The van der Waals surface area contributed by atoms with E-state index < -0.39 is 0 Å². The van der Waals surface area contributed by atoms with E-state index in [1.165, 1.54) is 17.6 Å². The molecule has 0 saturated carbocycles. The fourth-order valence-corrected chi connectivity index (χ4v) is 4.94. The van der Waals surface area contributed by atoms with E-state index in [2.05, 4.69) is 73.3 Å². The van der Waals surface area contributed by atoms with Crippen molar-refractivity contribution in [3.63, 3.8) is 0 Å². The number of aliphatic hydroxyl groups is 1. The highest BCUT2D eigenvalue weighted by Crippen LogP contribution is 2.37. The summed E-state index contributed by atoms with van der Waals surface area (Å²) in [4.78, 5) is 2.55. The molecule has 1 aliphatic rings. The van der Waals surface area contributed by atoms with Gasteiger partial charge in [-0.05, 0) is 91.1 Å². The SMILES string of the molecule is CC(C)N1CCC(c2ccc(C(=C(CCCO)c3ccccc3)c3cccc(O)c3)cc2)C1. The lowest BCUT2D eigenvalue weighted by Crippen LogP contribution is -2.27. The van der Waals surface area contributed by atoms with Crippen LogP contribution in [0.25, 0.3) is 11.1 Å². The molecule has 0 radical (unpaired) electrons. The van der Waals surface area contributed by atoms with Crippen LogP contribution >= 0.6 is 0 Å². The number of allylic oxidation sites excluding steroid dienone is 1. The summed E-state index contributed by atoms with van der Waals surface area (Å²) in [6, 6.07) is 27.5. The van der Waals surface area contributed by atoms with Gasteiger partial charge in [0, 0.05) is 19.2 Å². The van der Waals surface area contributed by atoms with Crippen LogP contribution in [0.1, 0.15) is 61.3 Å². The standard InChI is InChI=1S/C30H35NO2/c1-22(2)31-18-17-27(21-31)23-13-15-25(16-14-23)30(26-10-6-11-28(33)20-26)29(12-7-19-32)24-8-4-3-5-9-24/h3-6,8-11,13-16,20,22,27,32-33H,7,12,17-19,21H2,1-2H3. The van der Waals surface area contributed by atoms with Gasteiger partial charge in [0.1, 0.15) is 5.75 Å². The lowest BCUT2D eigenvalue weighted by molar-refractivity contribution is 0.272. The first-order chi connectivity index (χ1) is 16.1. The van der Waals surface area contributed by atoms with E-state index in [1.54, 1.807) is 6.07 Å². The number of phenols is 1. The van der Waals surface area contributed by atoms with Crippen molar-refractivity contribution in [1.82, 2.24) is 4.90 Å². The lowest BCUT2D eigenvalue weighted by atomic mass is 9.86. The highest BCUT2D eigenvalue weighted by molar-refractivity contribution is 5.98. The Balaban J connectivity index is 1.77. The zero-order valence-electron chi connectivity index (χ0n) is 19.7. The minimum Gasteiger partial charge on any atom is -0.508 e. The maximum Gasteiger partial charge on any atom is 0.116 e. The van der Waals surface area contributed by atoms with Crippen LogP contribution < -0.4 is 0 Å². The first-order valence-electron chi connectivity index (χ1n) is 12.1. The first kappa shape index (κ1) is 23.3. The molecule has 1 unspecified atom stereocenters. The smallest absolute Gasteiger partial charge is 0.116 e. The van der Waals surface area contributed by atoms with E-state index in [-0.39, 0.29) is 12.4 Å². The molecule has 0 aromatic heterocycles. The molecule has 1 fully saturated rings. The highest BCUT2D eigenvalue weighted by Gasteiger charge is 2.25. The van der Waals surface area contributed by atoms with Crippen molar-refractivity contribution in [1.29, 1.82) is 0 Å². The van der Waals surface area contributed by atoms with E-state index >= 15 is 0 Å². The van der Waals surface area contributed by atoms with Crippen LogP contribution in [-0.4, -0.2) is 40.9 Å². The van der Waals surface area contributed by atoms with Crippen molar-refractivity contribution in [2.24, 2.45) is 0 Å². The molecule has 2 N–H and O–H groups in total. The molecule has 3 aromatic carbocycles. The second-order valence-electron chi connectivity index (χ2n) is 9.29. The molecule has 1 heterocycles. The van der Waals surface area contributed by atoms with Crippen LogP contribution in [0.5, 0.6) is 5.75 Å². The van der Waals surface area contributed by atoms with Crippen molar-refractivity contribution in [2.45, 2.75) is 45.1 Å². The zero-order valence-corrected chi connectivity index (χ0v) is 19.7. The van der Waals surface area contributed by atoms with E-state index in [4.69, 9.17) is 0 Å². The van der Waals surface area contributed by atoms with Crippen LogP contribution in [0.2, 0.25) is 0 Å². The molecule has 33 heavy (non-hydrogen) atoms. The van der Waals surface area contributed by atoms with Gasteiger partial charge in [-0.15, -0.1) is 0 Å². The number of hydrogen-bond donors (Lipinski definition) is 2. The van der Waals surface area contributed by atoms with E-state index in [9.17, 15) is 10.2 Å². The number of rotatable bonds is 8. The third kappa shape index (κ3) is 5.55. The van der Waals surface area contributed by atoms with Crippen LogP contribution in [0, 0.1) is 0 Å². The fourth-order valence-electron chi connectivity index (χ4n) is 4.94. The van der Waals surface area contributed by atoms with Gasteiger partial charge in [0.15, 0.2) is 0 Å². The number of benzene rings is 3. The van der Waals surface area contributed by atoms with Gasteiger partial charge < -0.3 is 15.1 Å². The molecule has 1 saturated heterocycles. The quantitative estimate of drug-likeness (QED) is 0.402. The van der Waals surface area contributed by atoms with E-state index in [0.717, 1.165) is 41.8 Å². The maximum absolute atomic E-state index is 10.2. The van der Waals surface area contributed by atoms with Crippen molar-refractivity contribution >= 4 is 11.1 Å². The van der Waals surface area contributed by atoms with E-state index in [1.807, 2.05) is 18.2 Å². The molecular formula is C30H35NO2. The number of likely N-dealkylation sites (tertiary alicyclic amines) is 1. The molecule has 1 atom stereocenters. The minimum atomic E-state index is 0.149. The fraction of sp³-hybridized carbons (Fsp3) is 0.333. The van der Waals surface area contributed by atoms with Gasteiger partial charge in [0.25, 0.3) is 0 Å². The van der Waals surface area contributed by atoms with Gasteiger partial charge >= 0.3 is 0 Å². The molecule has 0 amide bonds. The van der Waals surface area contributed by atoms with Gasteiger partial charge in [0.2, 0.25) is 0 Å². The Hall–Kier alpha value is -2.88. The summed E-state index contributed by atoms with van der Waals surface area (Å²) in [5, 5.41) is 19.8. The Morgan fingerprint density at radius 3 is 2.27 bits per heavy atom. The number of aromatic hydroxyl groups is 1. The van der Waals surface area contributed by atoms with Crippen molar-refractivity contribution in [3.8, 4) is 5.75 Å². The Kier molecular flexibility index (Phi) is 7.64. The topological polar surface area (TPSA) is 43.7 Å². The Bertz CT molecular complexity index is 1070. The number of hydrogen-bond acceptors (Lipinski definition) is 3. The molecule has 0 spiro atoms. The number of aliphatic hydroxyl groups excluding tert-OH is 1. The van der Waals surface area contributed by atoms with Gasteiger partial charge in [-0.25, -0.2) is 0 Å². The molecule has 4 rings (SSSR count). The summed E-state index contributed by atoms with van der Waals surface area (Å²) in [6.45, 7) is 6.98. The van der Waals surface area contributed by atoms with Gasteiger partial charge in [0.05, 0.1) is 0 Å². The Labute approximate surface area is 198 Å². The maximum atomic E-state index is 10.2. The van der Waals surface area contributed by atoms with Crippen molar-refractivity contribution < 1.29 is 10.2 Å². The third-order valence-corrected chi connectivity index (χ3v) is 6.76. The summed E-state index contributed by atoms with van der Waals surface area (Å²) >= 11 is 0. The summed E-state index contributed by atoms with van der Waals surface area (Å²) in [7, 11) is 0. The predicted octanol–water partition coefficient (Wildman–Crippen LogP) is 6.32. The molecular weight excluding hydrogens is 406 g/mol. The Morgan fingerprint density at radius 2 is 1.64 bits per heavy atom. The summed E-state index contributed by atoms with van der Waals surface area (Å²) in [5.41, 5.74) is 6.99. The van der Waals surface area contributed by atoms with Gasteiger partial charge in [-0.1, -0.05) is 66.7 Å². The van der Waals surface area contributed by atoms with Crippen LogP contribution in [0.4, 0.5) is 0 Å².